The Bertz CT molecular complexity index is 1130. The van der Waals surface area contributed by atoms with Gasteiger partial charge in [0.25, 0.3) is 5.24 Å². The summed E-state index contributed by atoms with van der Waals surface area (Å²) in [5, 5.41) is 3.49. The van der Waals surface area contributed by atoms with Crippen molar-refractivity contribution in [1.82, 2.24) is 5.32 Å². The summed E-state index contributed by atoms with van der Waals surface area (Å²) in [5.41, 5.74) is 2.58. The van der Waals surface area contributed by atoms with Crippen molar-refractivity contribution in [2.24, 2.45) is 4.99 Å². The van der Waals surface area contributed by atoms with Gasteiger partial charge in [-0.25, -0.2) is 4.99 Å². The second-order valence-electron chi connectivity index (χ2n) is 6.13. The van der Waals surface area contributed by atoms with Crippen molar-refractivity contribution in [1.29, 1.82) is 0 Å². The Labute approximate surface area is 176 Å². The molecule has 28 heavy (non-hydrogen) atoms. The van der Waals surface area contributed by atoms with Crippen LogP contribution in [0.3, 0.4) is 0 Å². The number of nitrogens with zero attached hydrogens (tertiary/aromatic N) is 1. The number of nitrogens with one attached hydrogen (secondary N) is 1. The summed E-state index contributed by atoms with van der Waals surface area (Å²) >= 11 is 13.4. The van der Waals surface area contributed by atoms with Gasteiger partial charge in [0.2, 0.25) is 0 Å². The number of amides is 1. The van der Waals surface area contributed by atoms with Gasteiger partial charge in [0, 0.05) is 5.56 Å². The Morgan fingerprint density at radius 3 is 2.75 bits per heavy atom. The summed E-state index contributed by atoms with van der Waals surface area (Å²) < 4.78 is 5.89. The maximum Gasteiger partial charge on any atom is 0.289 e. The lowest BCUT2D eigenvalue weighted by atomic mass is 10.2. The molecule has 4 nitrogen and oxygen atoms in total. The minimum Gasteiger partial charge on any atom is -0.457 e. The highest BCUT2D eigenvalue weighted by Gasteiger charge is 2.24. The minimum absolute atomic E-state index is 0.178. The summed E-state index contributed by atoms with van der Waals surface area (Å²) in [6.07, 6.45) is 1.78. The van der Waals surface area contributed by atoms with Gasteiger partial charge >= 0.3 is 0 Å². The van der Waals surface area contributed by atoms with Crippen LogP contribution in [0.4, 0.5) is 10.5 Å². The molecule has 7 heteroatoms. The van der Waals surface area contributed by atoms with Gasteiger partial charge in [-0.3, -0.25) is 4.79 Å². The van der Waals surface area contributed by atoms with Crippen LogP contribution >= 0.6 is 35.0 Å². The Morgan fingerprint density at radius 2 is 1.93 bits per heavy atom. The van der Waals surface area contributed by atoms with Gasteiger partial charge < -0.3 is 9.73 Å². The van der Waals surface area contributed by atoms with Gasteiger partial charge in [-0.1, -0.05) is 41.4 Å². The number of hydrogen-bond donors (Lipinski definition) is 1. The second-order valence-corrected chi connectivity index (χ2v) is 7.93. The quantitative estimate of drug-likeness (QED) is 0.484. The molecule has 0 unspecified atom stereocenters. The molecule has 1 aliphatic heterocycles. The van der Waals surface area contributed by atoms with E-state index in [4.69, 9.17) is 27.6 Å². The van der Waals surface area contributed by atoms with Gasteiger partial charge in [-0.2, -0.15) is 0 Å². The molecular formula is C21H14Cl2N2O2S. The zero-order valence-corrected chi connectivity index (χ0v) is 17.0. The molecule has 1 saturated heterocycles. The fraction of sp³-hybridized carbons (Fsp3) is 0.0476. The third kappa shape index (κ3) is 4.02. The number of aliphatic imine (C=N–C) groups is 1. The van der Waals surface area contributed by atoms with Crippen molar-refractivity contribution >= 4 is 57.8 Å². The lowest BCUT2D eigenvalue weighted by molar-refractivity contribution is 0.265. The molecule has 4 rings (SSSR count). The molecule has 2 aromatic carbocycles. The number of carbonyl (C=O) groups excluding carboxylic acids is 1. The molecule has 0 bridgehead atoms. The predicted molar refractivity (Wildman–Crippen MR) is 117 cm³/mol. The fourth-order valence-electron chi connectivity index (χ4n) is 2.74. The summed E-state index contributed by atoms with van der Waals surface area (Å²) in [7, 11) is 0. The molecule has 1 N–H and O–H groups in total. The Morgan fingerprint density at radius 1 is 1.11 bits per heavy atom. The van der Waals surface area contributed by atoms with E-state index in [1.807, 2.05) is 55.5 Å². The molecule has 0 saturated carbocycles. The van der Waals surface area contributed by atoms with Crippen molar-refractivity contribution < 1.29 is 9.21 Å². The molecular weight excluding hydrogens is 415 g/mol. The van der Waals surface area contributed by atoms with Crippen LogP contribution in [0.1, 0.15) is 11.3 Å². The van der Waals surface area contributed by atoms with E-state index in [9.17, 15) is 4.79 Å². The average Bonchev–Trinajstić information content (AvgIpc) is 3.24. The standard InChI is InChI=1S/C21H14Cl2N2O2S/c1-12-4-2-5-13(10-12)24-20-18(28-21(26)25-20)11-14-8-9-17(27-14)15-6-3-7-16(22)19(15)23/h2-11H,1H3,(H,24,25,26)/b18-11-. The molecule has 0 spiro atoms. The highest BCUT2D eigenvalue weighted by molar-refractivity contribution is 8.18. The number of benzene rings is 2. The molecule has 0 radical (unpaired) electrons. The molecule has 2 heterocycles. The maximum absolute atomic E-state index is 11.9. The van der Waals surface area contributed by atoms with E-state index in [0.717, 1.165) is 23.0 Å². The van der Waals surface area contributed by atoms with E-state index >= 15 is 0 Å². The van der Waals surface area contributed by atoms with E-state index in [1.54, 1.807) is 12.1 Å². The van der Waals surface area contributed by atoms with Gasteiger partial charge in [-0.15, -0.1) is 0 Å². The molecule has 1 fully saturated rings. The Hall–Kier alpha value is -2.47. The van der Waals surface area contributed by atoms with Gasteiger partial charge in [0.15, 0.2) is 0 Å². The third-order valence-corrected chi connectivity index (χ3v) is 5.65. The summed E-state index contributed by atoms with van der Waals surface area (Å²) in [6.45, 7) is 1.99. The van der Waals surface area contributed by atoms with Crippen molar-refractivity contribution in [2.75, 3.05) is 0 Å². The first kappa shape index (κ1) is 18.9. The number of thioether (sulfide) groups is 1. The van der Waals surface area contributed by atoms with E-state index in [0.29, 0.717) is 37.9 Å². The largest absolute Gasteiger partial charge is 0.457 e. The molecule has 0 aliphatic carbocycles. The van der Waals surface area contributed by atoms with Crippen LogP contribution in [0.5, 0.6) is 0 Å². The number of halogens is 2. The zero-order chi connectivity index (χ0) is 19.7. The van der Waals surface area contributed by atoms with Crippen molar-refractivity contribution in [3.05, 3.63) is 80.9 Å². The van der Waals surface area contributed by atoms with E-state index in [-0.39, 0.29) is 5.24 Å². The van der Waals surface area contributed by atoms with E-state index < -0.39 is 0 Å². The monoisotopic (exact) mass is 428 g/mol. The van der Waals surface area contributed by atoms with Crippen molar-refractivity contribution in [2.45, 2.75) is 6.92 Å². The highest BCUT2D eigenvalue weighted by Crippen LogP contribution is 2.35. The first-order chi connectivity index (χ1) is 13.5. The van der Waals surface area contributed by atoms with Gasteiger partial charge in [0.05, 0.1) is 20.6 Å². The Balaban J connectivity index is 1.67. The average molecular weight is 429 g/mol. The van der Waals surface area contributed by atoms with Gasteiger partial charge in [0.1, 0.15) is 17.4 Å². The molecule has 0 atom stereocenters. The van der Waals surface area contributed by atoms with Crippen LogP contribution in [0.15, 0.2) is 68.9 Å². The number of carbonyl (C=O) groups is 1. The molecule has 140 valence electrons. The van der Waals surface area contributed by atoms with Crippen molar-refractivity contribution in [3.8, 4) is 11.3 Å². The van der Waals surface area contributed by atoms with Crippen LogP contribution in [0.2, 0.25) is 10.0 Å². The maximum atomic E-state index is 11.9. The minimum atomic E-state index is -0.178. The number of hydrogen-bond acceptors (Lipinski definition) is 4. The normalized spacial score (nSPS) is 16.8. The SMILES string of the molecule is Cc1cccc(N=C2NC(=O)S/C2=C\c2ccc(-c3cccc(Cl)c3Cl)o2)c1. The topological polar surface area (TPSA) is 54.6 Å². The highest BCUT2D eigenvalue weighted by atomic mass is 35.5. The number of amidine groups is 1. The van der Waals surface area contributed by atoms with Crippen LogP contribution in [-0.4, -0.2) is 11.1 Å². The number of furan rings is 1. The van der Waals surface area contributed by atoms with Crippen LogP contribution in [0, 0.1) is 6.92 Å². The van der Waals surface area contributed by atoms with Gasteiger partial charge in [-0.05, 0) is 66.7 Å². The van der Waals surface area contributed by atoms with E-state index in [2.05, 4.69) is 10.3 Å². The lowest BCUT2D eigenvalue weighted by Gasteiger charge is -2.02. The van der Waals surface area contributed by atoms with E-state index in [1.165, 1.54) is 0 Å². The molecule has 1 aromatic heterocycles. The second kappa shape index (κ2) is 7.87. The fourth-order valence-corrected chi connectivity index (χ4v) is 3.85. The number of aryl methyl sites for hydroxylation is 1. The molecule has 3 aromatic rings. The Kier molecular flexibility index (Phi) is 5.31. The first-order valence-corrected chi connectivity index (χ1v) is 9.97. The number of rotatable bonds is 3. The van der Waals surface area contributed by atoms with Crippen LogP contribution in [-0.2, 0) is 0 Å². The summed E-state index contributed by atoms with van der Waals surface area (Å²) in [6, 6.07) is 16.8. The summed E-state index contributed by atoms with van der Waals surface area (Å²) in [5.74, 6) is 1.68. The molecule has 1 aliphatic rings. The molecule has 1 amide bonds. The van der Waals surface area contributed by atoms with Crippen LogP contribution < -0.4 is 5.32 Å². The smallest absolute Gasteiger partial charge is 0.289 e. The lowest BCUT2D eigenvalue weighted by Crippen LogP contribution is -2.18. The predicted octanol–water partition coefficient (Wildman–Crippen LogP) is 7.09. The zero-order valence-electron chi connectivity index (χ0n) is 14.7. The van der Waals surface area contributed by atoms with Crippen molar-refractivity contribution in [3.63, 3.8) is 0 Å². The third-order valence-electron chi connectivity index (χ3n) is 4.02. The van der Waals surface area contributed by atoms with Crippen LogP contribution in [0.25, 0.3) is 17.4 Å². The summed E-state index contributed by atoms with van der Waals surface area (Å²) in [4.78, 5) is 17.1. The first-order valence-electron chi connectivity index (χ1n) is 8.40.